The van der Waals surface area contributed by atoms with Gasteiger partial charge in [-0.25, -0.2) is 0 Å². The molecule has 0 aliphatic carbocycles. The van der Waals surface area contributed by atoms with Gasteiger partial charge in [-0.1, -0.05) is 42.5 Å². The van der Waals surface area contributed by atoms with Crippen LogP contribution in [0.1, 0.15) is 22.1 Å². The average molecular weight is 295 g/mol. The molecule has 0 saturated heterocycles. The molecule has 2 aromatic rings. The van der Waals surface area contributed by atoms with Gasteiger partial charge in [-0.05, 0) is 31.8 Å². The Bertz CT molecular complexity index is 654. The number of amides is 1. The van der Waals surface area contributed by atoms with E-state index in [1.165, 1.54) is 0 Å². The smallest absolute Gasteiger partial charge is 0.255 e. The van der Waals surface area contributed by atoms with E-state index in [4.69, 9.17) is 0 Å². The van der Waals surface area contributed by atoms with Gasteiger partial charge in [0.1, 0.15) is 6.17 Å². The molecule has 4 nitrogen and oxygen atoms in total. The van der Waals surface area contributed by atoms with E-state index in [1.807, 2.05) is 42.5 Å². The molecule has 0 radical (unpaired) electrons. The molecule has 114 valence electrons. The van der Waals surface area contributed by atoms with E-state index < -0.39 is 0 Å². The fourth-order valence-corrected chi connectivity index (χ4v) is 2.79. The van der Waals surface area contributed by atoms with Crippen molar-refractivity contribution in [1.82, 2.24) is 10.2 Å². The number of carbonyl (C=O) groups is 1. The summed E-state index contributed by atoms with van der Waals surface area (Å²) in [6.45, 7) is 1.78. The molecule has 1 aliphatic rings. The Morgan fingerprint density at radius 1 is 1.05 bits per heavy atom. The Morgan fingerprint density at radius 2 is 1.73 bits per heavy atom. The van der Waals surface area contributed by atoms with Gasteiger partial charge in [0.25, 0.3) is 5.91 Å². The topological polar surface area (TPSA) is 35.6 Å². The van der Waals surface area contributed by atoms with Gasteiger partial charge in [-0.15, -0.1) is 0 Å². The third-order valence-corrected chi connectivity index (χ3v) is 3.94. The molecule has 0 bridgehead atoms. The molecule has 1 amide bonds. The maximum absolute atomic E-state index is 12.4. The molecule has 1 aliphatic heterocycles. The first kappa shape index (κ1) is 14.6. The summed E-state index contributed by atoms with van der Waals surface area (Å²) in [5.74, 6) is -0.00874. The number of nitrogens with zero attached hydrogens (tertiary/aromatic N) is 2. The van der Waals surface area contributed by atoms with Crippen molar-refractivity contribution in [2.24, 2.45) is 0 Å². The second-order valence-corrected chi connectivity index (χ2v) is 5.80. The van der Waals surface area contributed by atoms with Crippen LogP contribution in [0.25, 0.3) is 0 Å². The highest BCUT2D eigenvalue weighted by atomic mass is 16.2. The van der Waals surface area contributed by atoms with E-state index in [-0.39, 0.29) is 12.1 Å². The second-order valence-electron chi connectivity index (χ2n) is 5.80. The van der Waals surface area contributed by atoms with E-state index in [0.29, 0.717) is 0 Å². The van der Waals surface area contributed by atoms with Crippen LogP contribution in [0.2, 0.25) is 0 Å². The lowest BCUT2D eigenvalue weighted by Crippen LogP contribution is -2.48. The summed E-state index contributed by atoms with van der Waals surface area (Å²) in [5, 5.41) is 3.13. The number of hydrogen-bond acceptors (Lipinski definition) is 3. The predicted molar refractivity (Wildman–Crippen MR) is 89.0 cm³/mol. The molecule has 0 saturated carbocycles. The van der Waals surface area contributed by atoms with Gasteiger partial charge in [0.2, 0.25) is 0 Å². The molecular weight excluding hydrogens is 274 g/mol. The summed E-state index contributed by atoms with van der Waals surface area (Å²) in [4.78, 5) is 16.8. The average Bonchev–Trinajstić information content (AvgIpc) is 2.54. The lowest BCUT2D eigenvalue weighted by molar-refractivity contribution is 0.0926. The van der Waals surface area contributed by atoms with Crippen molar-refractivity contribution in [3.63, 3.8) is 0 Å². The molecule has 0 aromatic heterocycles. The highest BCUT2D eigenvalue weighted by Gasteiger charge is 2.31. The number of carbonyl (C=O) groups excluding carboxylic acids is 1. The highest BCUT2D eigenvalue weighted by molar-refractivity contribution is 6.02. The zero-order valence-electron chi connectivity index (χ0n) is 13.0. The molecule has 1 heterocycles. The number of nitrogens with one attached hydrogen (secondary N) is 1. The number of fused-ring (bicyclic) bond motifs is 1. The molecule has 1 N–H and O–H groups in total. The van der Waals surface area contributed by atoms with E-state index >= 15 is 0 Å². The first-order valence-electron chi connectivity index (χ1n) is 7.53. The minimum Gasteiger partial charge on any atom is -0.345 e. The maximum Gasteiger partial charge on any atom is 0.255 e. The van der Waals surface area contributed by atoms with Crippen molar-refractivity contribution < 1.29 is 4.79 Å². The molecule has 22 heavy (non-hydrogen) atoms. The Morgan fingerprint density at radius 3 is 2.45 bits per heavy atom. The Hall–Kier alpha value is -2.33. The van der Waals surface area contributed by atoms with Crippen molar-refractivity contribution in [1.29, 1.82) is 0 Å². The van der Waals surface area contributed by atoms with Gasteiger partial charge >= 0.3 is 0 Å². The summed E-state index contributed by atoms with van der Waals surface area (Å²) in [5.41, 5.74) is 2.85. The van der Waals surface area contributed by atoms with E-state index in [2.05, 4.69) is 41.3 Å². The third-order valence-electron chi connectivity index (χ3n) is 3.94. The van der Waals surface area contributed by atoms with Crippen LogP contribution in [0.5, 0.6) is 0 Å². The number of hydrogen-bond donors (Lipinski definition) is 1. The Kier molecular flexibility index (Phi) is 4.11. The van der Waals surface area contributed by atoms with Crippen LogP contribution in [0, 0.1) is 0 Å². The largest absolute Gasteiger partial charge is 0.345 e. The van der Waals surface area contributed by atoms with E-state index in [9.17, 15) is 4.79 Å². The minimum atomic E-state index is -0.122. The zero-order chi connectivity index (χ0) is 15.5. The van der Waals surface area contributed by atoms with Crippen molar-refractivity contribution in [2.75, 3.05) is 32.1 Å². The first-order chi connectivity index (χ1) is 10.7. The van der Waals surface area contributed by atoms with Crippen LogP contribution < -0.4 is 10.2 Å². The highest BCUT2D eigenvalue weighted by Crippen LogP contribution is 2.32. The SMILES string of the molecule is CN(C)CCN1c2ccccc2C(=O)NC1c1ccccc1. The number of anilines is 1. The number of likely N-dealkylation sites (N-methyl/N-ethyl adjacent to an activating group) is 1. The quantitative estimate of drug-likeness (QED) is 0.941. The molecule has 1 unspecified atom stereocenters. The van der Waals surface area contributed by atoms with Crippen LogP contribution in [0.4, 0.5) is 5.69 Å². The van der Waals surface area contributed by atoms with Crippen molar-refractivity contribution in [3.05, 3.63) is 65.7 Å². The second kappa shape index (κ2) is 6.20. The summed E-state index contributed by atoms with van der Waals surface area (Å²) in [6, 6.07) is 17.9. The number of benzene rings is 2. The summed E-state index contributed by atoms with van der Waals surface area (Å²) < 4.78 is 0. The Labute approximate surface area is 131 Å². The lowest BCUT2D eigenvalue weighted by Gasteiger charge is -2.39. The Balaban J connectivity index is 2.00. The first-order valence-corrected chi connectivity index (χ1v) is 7.53. The molecule has 3 rings (SSSR count). The van der Waals surface area contributed by atoms with Gasteiger partial charge in [-0.2, -0.15) is 0 Å². The fraction of sp³-hybridized carbons (Fsp3) is 0.278. The normalized spacial score (nSPS) is 17.3. The third kappa shape index (κ3) is 2.83. The summed E-state index contributed by atoms with van der Waals surface area (Å²) >= 11 is 0. The van der Waals surface area contributed by atoms with Gasteiger partial charge in [0, 0.05) is 13.1 Å². The monoisotopic (exact) mass is 295 g/mol. The van der Waals surface area contributed by atoms with Gasteiger partial charge < -0.3 is 15.1 Å². The summed E-state index contributed by atoms with van der Waals surface area (Å²) in [6.07, 6.45) is -0.122. The summed E-state index contributed by atoms with van der Waals surface area (Å²) in [7, 11) is 4.12. The van der Waals surface area contributed by atoms with Gasteiger partial charge in [0.05, 0.1) is 11.3 Å². The maximum atomic E-state index is 12.4. The molecule has 1 atom stereocenters. The fourth-order valence-electron chi connectivity index (χ4n) is 2.79. The van der Waals surface area contributed by atoms with Crippen LogP contribution >= 0.6 is 0 Å². The lowest BCUT2D eigenvalue weighted by atomic mass is 10.0. The van der Waals surface area contributed by atoms with Crippen molar-refractivity contribution >= 4 is 11.6 Å². The molecular formula is C18H21N3O. The van der Waals surface area contributed by atoms with Crippen LogP contribution in [0.3, 0.4) is 0 Å². The van der Waals surface area contributed by atoms with Crippen LogP contribution in [0.15, 0.2) is 54.6 Å². The molecule has 2 aromatic carbocycles. The minimum absolute atomic E-state index is 0.00874. The standard InChI is InChI=1S/C18H21N3O/c1-20(2)12-13-21-16-11-7-6-10-15(16)18(22)19-17(21)14-8-4-3-5-9-14/h3-11,17H,12-13H2,1-2H3,(H,19,22). The zero-order valence-corrected chi connectivity index (χ0v) is 13.0. The molecule has 4 heteroatoms. The van der Waals surface area contributed by atoms with Gasteiger partial charge in [-0.3, -0.25) is 4.79 Å². The van der Waals surface area contributed by atoms with Crippen molar-refractivity contribution in [3.8, 4) is 0 Å². The number of rotatable bonds is 4. The molecule has 0 spiro atoms. The predicted octanol–water partition coefficient (Wildman–Crippen LogP) is 2.50. The van der Waals surface area contributed by atoms with Crippen LogP contribution in [-0.2, 0) is 0 Å². The van der Waals surface area contributed by atoms with E-state index in [1.54, 1.807) is 0 Å². The number of para-hydroxylation sites is 1. The van der Waals surface area contributed by atoms with Crippen LogP contribution in [-0.4, -0.2) is 38.0 Å². The van der Waals surface area contributed by atoms with Crippen molar-refractivity contribution in [2.45, 2.75) is 6.17 Å². The van der Waals surface area contributed by atoms with Gasteiger partial charge in [0.15, 0.2) is 0 Å². The molecule has 0 fully saturated rings. The van der Waals surface area contributed by atoms with E-state index in [0.717, 1.165) is 29.9 Å².